The summed E-state index contributed by atoms with van der Waals surface area (Å²) in [6.07, 6.45) is 4.44. The minimum Gasteiger partial charge on any atom is -0.0622 e. The molecule has 1 radical (unpaired) electrons. The molecule has 149 valence electrons. The molecule has 0 aliphatic rings. The lowest BCUT2D eigenvalue weighted by Gasteiger charge is -2.16. The van der Waals surface area contributed by atoms with Crippen LogP contribution in [0, 0.1) is 6.42 Å². The van der Waals surface area contributed by atoms with Crippen LogP contribution in [0.5, 0.6) is 0 Å². The summed E-state index contributed by atoms with van der Waals surface area (Å²) in [5.41, 5.74) is 7.82. The SMILES string of the molecule is [CH](CCc1cccc2ccccc12)c1cccc(-c2ccccc2)c1-c1ccccc1. The zero-order chi connectivity index (χ0) is 20.9. The number of hydrogen-bond donors (Lipinski definition) is 0. The fourth-order valence-corrected chi connectivity index (χ4v) is 4.42. The van der Waals surface area contributed by atoms with Gasteiger partial charge in [-0.3, -0.25) is 0 Å². The third kappa shape index (κ3) is 4.15. The predicted octanol–water partition coefficient (Wildman–Crippen LogP) is 8.36. The molecule has 0 aliphatic heterocycles. The second-order valence-corrected chi connectivity index (χ2v) is 7.88. The topological polar surface area (TPSA) is 0 Å². The summed E-state index contributed by atoms with van der Waals surface area (Å²) < 4.78 is 0. The van der Waals surface area contributed by atoms with Crippen LogP contribution in [0.1, 0.15) is 17.5 Å². The zero-order valence-electron chi connectivity index (χ0n) is 17.5. The maximum Gasteiger partial charge on any atom is -0.00703 e. The third-order valence-corrected chi connectivity index (χ3v) is 5.90. The van der Waals surface area contributed by atoms with Gasteiger partial charge < -0.3 is 0 Å². The highest BCUT2D eigenvalue weighted by molar-refractivity contribution is 5.87. The number of aryl methyl sites for hydroxylation is 1. The van der Waals surface area contributed by atoms with Crippen molar-refractivity contribution < 1.29 is 0 Å². The van der Waals surface area contributed by atoms with E-state index in [-0.39, 0.29) is 0 Å². The van der Waals surface area contributed by atoms with Crippen LogP contribution < -0.4 is 0 Å². The lowest BCUT2D eigenvalue weighted by atomic mass is 9.88. The van der Waals surface area contributed by atoms with Crippen LogP contribution in [0.15, 0.2) is 121 Å². The van der Waals surface area contributed by atoms with E-state index in [2.05, 4.69) is 128 Å². The third-order valence-electron chi connectivity index (χ3n) is 5.90. The summed E-state index contributed by atoms with van der Waals surface area (Å²) in [6, 6.07) is 43.4. The van der Waals surface area contributed by atoms with Gasteiger partial charge in [-0.2, -0.15) is 0 Å². The van der Waals surface area contributed by atoms with Crippen LogP contribution in [0.25, 0.3) is 33.0 Å². The molecule has 0 heteroatoms. The van der Waals surface area contributed by atoms with Crippen molar-refractivity contribution in [1.82, 2.24) is 0 Å². The van der Waals surface area contributed by atoms with Crippen molar-refractivity contribution in [3.05, 3.63) is 139 Å². The monoisotopic (exact) mass is 397 g/mol. The normalized spacial score (nSPS) is 11.0. The van der Waals surface area contributed by atoms with Gasteiger partial charge in [-0.1, -0.05) is 121 Å². The zero-order valence-corrected chi connectivity index (χ0v) is 17.5. The molecule has 5 aromatic rings. The number of rotatable bonds is 6. The van der Waals surface area contributed by atoms with Crippen molar-refractivity contribution in [1.29, 1.82) is 0 Å². The molecule has 0 nitrogen and oxygen atoms in total. The number of benzene rings is 5. The Kier molecular flexibility index (Phi) is 5.62. The summed E-state index contributed by atoms with van der Waals surface area (Å²) in [7, 11) is 0. The van der Waals surface area contributed by atoms with Crippen molar-refractivity contribution in [3.63, 3.8) is 0 Å². The highest BCUT2D eigenvalue weighted by Crippen LogP contribution is 2.36. The molecule has 0 unspecified atom stereocenters. The maximum atomic E-state index is 2.40. The standard InChI is InChI=1S/C31H25/c1-3-12-26(13-4-1)30-23-11-21-28(31(30)27-15-5-2-6-16-27)20-10-19-25-18-9-17-24-14-7-8-22-29(24)25/h1-9,11-18,20-23H,10,19H2. The fraction of sp³-hybridized carbons (Fsp3) is 0.0645. The molecule has 0 saturated carbocycles. The smallest absolute Gasteiger partial charge is 0.00703 e. The Bertz CT molecular complexity index is 1280. The largest absolute Gasteiger partial charge is 0.0622 e. The van der Waals surface area contributed by atoms with Gasteiger partial charge >= 0.3 is 0 Å². The van der Waals surface area contributed by atoms with Gasteiger partial charge in [0.05, 0.1) is 0 Å². The first kappa shape index (κ1) is 19.3. The summed E-state index contributed by atoms with van der Waals surface area (Å²) in [5.74, 6) is 0. The minimum absolute atomic E-state index is 1.01. The van der Waals surface area contributed by atoms with Crippen LogP contribution in [-0.2, 0) is 6.42 Å². The Labute approximate surface area is 184 Å². The van der Waals surface area contributed by atoms with E-state index in [4.69, 9.17) is 0 Å². The lowest BCUT2D eigenvalue weighted by Crippen LogP contribution is -1.95. The molecule has 0 atom stereocenters. The van der Waals surface area contributed by atoms with E-state index < -0.39 is 0 Å². The van der Waals surface area contributed by atoms with E-state index in [1.54, 1.807) is 0 Å². The van der Waals surface area contributed by atoms with E-state index in [1.807, 2.05) is 0 Å². The van der Waals surface area contributed by atoms with Crippen molar-refractivity contribution in [2.24, 2.45) is 0 Å². The maximum absolute atomic E-state index is 2.40. The fourth-order valence-electron chi connectivity index (χ4n) is 4.42. The van der Waals surface area contributed by atoms with Crippen LogP contribution in [-0.4, -0.2) is 0 Å². The van der Waals surface area contributed by atoms with Crippen LogP contribution >= 0.6 is 0 Å². The van der Waals surface area contributed by atoms with Gasteiger partial charge in [-0.15, -0.1) is 0 Å². The average molecular weight is 398 g/mol. The number of fused-ring (bicyclic) bond motifs is 1. The van der Waals surface area contributed by atoms with Crippen molar-refractivity contribution in [2.75, 3.05) is 0 Å². The van der Waals surface area contributed by atoms with E-state index in [0.29, 0.717) is 0 Å². The van der Waals surface area contributed by atoms with Crippen LogP contribution in [0.2, 0.25) is 0 Å². The van der Waals surface area contributed by atoms with Crippen LogP contribution in [0.4, 0.5) is 0 Å². The second-order valence-electron chi connectivity index (χ2n) is 7.88. The Morgan fingerprint density at radius 2 is 1.16 bits per heavy atom. The predicted molar refractivity (Wildman–Crippen MR) is 133 cm³/mol. The first-order valence-corrected chi connectivity index (χ1v) is 10.9. The molecular formula is C31H25. The molecule has 0 heterocycles. The summed E-state index contributed by atoms with van der Waals surface area (Å²) >= 11 is 0. The molecule has 5 rings (SSSR count). The van der Waals surface area contributed by atoms with Gasteiger partial charge in [0.15, 0.2) is 0 Å². The average Bonchev–Trinajstić information content (AvgIpc) is 2.85. The minimum atomic E-state index is 1.01. The molecule has 0 aromatic heterocycles. The molecule has 0 aliphatic carbocycles. The highest BCUT2D eigenvalue weighted by Gasteiger charge is 2.12. The number of hydrogen-bond acceptors (Lipinski definition) is 0. The molecule has 0 spiro atoms. The second kappa shape index (κ2) is 9.02. The molecule has 31 heavy (non-hydrogen) atoms. The molecule has 0 bridgehead atoms. The van der Waals surface area contributed by atoms with Crippen LogP contribution in [0.3, 0.4) is 0 Å². The Hall–Kier alpha value is -3.64. The summed E-state index contributed by atoms with van der Waals surface area (Å²) in [6.45, 7) is 0. The van der Waals surface area contributed by atoms with E-state index in [0.717, 1.165) is 12.8 Å². The first-order valence-electron chi connectivity index (χ1n) is 10.9. The van der Waals surface area contributed by atoms with E-state index in [9.17, 15) is 0 Å². The van der Waals surface area contributed by atoms with Gasteiger partial charge in [0, 0.05) is 0 Å². The Morgan fingerprint density at radius 1 is 0.516 bits per heavy atom. The van der Waals surface area contributed by atoms with Gasteiger partial charge in [-0.25, -0.2) is 0 Å². The van der Waals surface area contributed by atoms with Crippen molar-refractivity contribution in [2.45, 2.75) is 12.8 Å². The molecule has 5 aromatic carbocycles. The van der Waals surface area contributed by atoms with Gasteiger partial charge in [0.2, 0.25) is 0 Å². The Balaban J connectivity index is 1.48. The van der Waals surface area contributed by atoms with Crippen molar-refractivity contribution >= 4 is 10.8 Å². The molecular weight excluding hydrogens is 372 g/mol. The molecule has 0 fully saturated rings. The summed E-state index contributed by atoms with van der Waals surface area (Å²) in [5, 5.41) is 2.68. The highest BCUT2D eigenvalue weighted by atomic mass is 14.2. The van der Waals surface area contributed by atoms with Gasteiger partial charge in [0.25, 0.3) is 0 Å². The lowest BCUT2D eigenvalue weighted by molar-refractivity contribution is 0.960. The van der Waals surface area contributed by atoms with Gasteiger partial charge in [-0.05, 0) is 63.4 Å². The summed E-state index contributed by atoms with van der Waals surface area (Å²) in [4.78, 5) is 0. The Morgan fingerprint density at radius 3 is 1.97 bits per heavy atom. The molecule has 0 saturated heterocycles. The first-order chi connectivity index (χ1) is 15.4. The van der Waals surface area contributed by atoms with Crippen molar-refractivity contribution in [3.8, 4) is 22.3 Å². The molecule has 0 amide bonds. The molecule has 0 N–H and O–H groups in total. The van der Waals surface area contributed by atoms with Gasteiger partial charge in [0.1, 0.15) is 0 Å². The quantitative estimate of drug-likeness (QED) is 0.270. The van der Waals surface area contributed by atoms with E-state index in [1.165, 1.54) is 44.2 Å². The van der Waals surface area contributed by atoms with E-state index >= 15 is 0 Å².